The van der Waals surface area contributed by atoms with Crippen LogP contribution < -0.4 is 0 Å². The molecule has 1 N–H and O–H groups in total. The average Bonchev–Trinajstić information content (AvgIpc) is 3.32. The number of aryl methyl sites for hydroxylation is 1. The average molecular weight is 459 g/mol. The zero-order chi connectivity index (χ0) is 24.4. The van der Waals surface area contributed by atoms with Crippen molar-refractivity contribution in [2.24, 2.45) is 0 Å². The molecule has 2 aromatic carbocycles. The molecular formula is C27H30N4O3. The van der Waals surface area contributed by atoms with E-state index >= 15 is 0 Å². The summed E-state index contributed by atoms with van der Waals surface area (Å²) in [6, 6.07) is 16.7. The van der Waals surface area contributed by atoms with Crippen LogP contribution in [-0.2, 0) is 9.59 Å². The predicted octanol–water partition coefficient (Wildman–Crippen LogP) is 3.86. The second kappa shape index (κ2) is 9.65. The Balaban J connectivity index is 1.80. The van der Waals surface area contributed by atoms with Gasteiger partial charge in [0.1, 0.15) is 5.76 Å². The number of hydrogen-bond acceptors (Lipinski definition) is 5. The largest absolute Gasteiger partial charge is 0.507 e. The molecule has 7 nitrogen and oxygen atoms in total. The Bertz CT molecular complexity index is 1230. The highest BCUT2D eigenvalue weighted by atomic mass is 16.3. The van der Waals surface area contributed by atoms with Crippen LogP contribution in [0.4, 0.5) is 0 Å². The van der Waals surface area contributed by atoms with Gasteiger partial charge in [0.25, 0.3) is 11.7 Å². The van der Waals surface area contributed by atoms with E-state index in [0.29, 0.717) is 24.2 Å². The molecule has 1 amide bonds. The number of carbonyl (C=O) groups excluding carboxylic acids is 2. The van der Waals surface area contributed by atoms with Crippen LogP contribution >= 0.6 is 0 Å². The van der Waals surface area contributed by atoms with Crippen molar-refractivity contribution in [1.82, 2.24) is 19.6 Å². The first-order chi connectivity index (χ1) is 16.3. The maximum atomic E-state index is 13.2. The lowest BCUT2D eigenvalue weighted by Gasteiger charge is -2.26. The maximum absolute atomic E-state index is 13.2. The number of aliphatic hydroxyl groups excluding tert-OH is 1. The summed E-state index contributed by atoms with van der Waals surface area (Å²) in [6.45, 7) is 5.02. The van der Waals surface area contributed by atoms with Crippen molar-refractivity contribution in [2.45, 2.75) is 26.3 Å². The zero-order valence-corrected chi connectivity index (χ0v) is 20.0. The number of para-hydroxylation sites is 1. The van der Waals surface area contributed by atoms with Gasteiger partial charge in [-0.1, -0.05) is 48.0 Å². The summed E-state index contributed by atoms with van der Waals surface area (Å²) in [4.78, 5) is 29.9. The fourth-order valence-corrected chi connectivity index (χ4v) is 4.38. The third-order valence-electron chi connectivity index (χ3n) is 6.20. The molecule has 1 fully saturated rings. The molecule has 0 spiro atoms. The van der Waals surface area contributed by atoms with Gasteiger partial charge in [0, 0.05) is 6.54 Å². The number of nitrogens with zero attached hydrogens (tertiary/aromatic N) is 4. The van der Waals surface area contributed by atoms with E-state index in [1.54, 1.807) is 15.8 Å². The van der Waals surface area contributed by atoms with E-state index in [2.05, 4.69) is 5.10 Å². The lowest BCUT2D eigenvalue weighted by Crippen LogP contribution is -2.32. The first-order valence-electron chi connectivity index (χ1n) is 11.4. The van der Waals surface area contributed by atoms with Crippen molar-refractivity contribution in [2.75, 3.05) is 27.2 Å². The molecule has 34 heavy (non-hydrogen) atoms. The van der Waals surface area contributed by atoms with Crippen molar-refractivity contribution in [1.29, 1.82) is 0 Å². The number of ketones is 1. The van der Waals surface area contributed by atoms with Gasteiger partial charge >= 0.3 is 0 Å². The number of carbonyl (C=O) groups is 2. The third kappa shape index (κ3) is 4.39. The van der Waals surface area contributed by atoms with E-state index in [4.69, 9.17) is 0 Å². The molecule has 176 valence electrons. The van der Waals surface area contributed by atoms with Crippen LogP contribution in [0.25, 0.3) is 11.4 Å². The summed E-state index contributed by atoms with van der Waals surface area (Å²) in [7, 11) is 3.94. The van der Waals surface area contributed by atoms with Crippen molar-refractivity contribution in [3.05, 3.63) is 88.8 Å². The summed E-state index contributed by atoms with van der Waals surface area (Å²) < 4.78 is 1.71. The highest BCUT2D eigenvalue weighted by Crippen LogP contribution is 2.40. The number of rotatable bonds is 7. The summed E-state index contributed by atoms with van der Waals surface area (Å²) >= 11 is 0. The minimum atomic E-state index is -0.667. The van der Waals surface area contributed by atoms with Gasteiger partial charge in [0.05, 0.1) is 34.8 Å². The van der Waals surface area contributed by atoms with E-state index in [9.17, 15) is 14.7 Å². The monoisotopic (exact) mass is 458 g/mol. The van der Waals surface area contributed by atoms with Gasteiger partial charge in [-0.2, -0.15) is 5.10 Å². The molecule has 1 saturated heterocycles. The number of Topliss-reactive ketones (excluding diaryl/α,β-unsaturated/α-hetero) is 1. The van der Waals surface area contributed by atoms with Gasteiger partial charge in [0.2, 0.25) is 0 Å². The molecule has 3 aromatic rings. The first-order valence-corrected chi connectivity index (χ1v) is 11.4. The molecule has 1 aliphatic rings. The molecule has 2 heterocycles. The second-order valence-corrected chi connectivity index (χ2v) is 8.95. The van der Waals surface area contributed by atoms with E-state index < -0.39 is 17.7 Å². The number of likely N-dealkylation sites (tertiary alicyclic amines) is 1. The van der Waals surface area contributed by atoms with Crippen molar-refractivity contribution >= 4 is 17.4 Å². The lowest BCUT2D eigenvalue weighted by molar-refractivity contribution is -0.139. The van der Waals surface area contributed by atoms with E-state index in [1.807, 2.05) is 87.4 Å². The molecule has 7 heteroatoms. The van der Waals surface area contributed by atoms with E-state index in [1.165, 1.54) is 0 Å². The van der Waals surface area contributed by atoms with Crippen LogP contribution in [0.1, 0.15) is 34.8 Å². The summed E-state index contributed by atoms with van der Waals surface area (Å²) in [6.07, 6.45) is 2.26. The highest BCUT2D eigenvalue weighted by molar-refractivity contribution is 6.46. The Morgan fingerprint density at radius 3 is 2.35 bits per heavy atom. The number of benzene rings is 2. The van der Waals surface area contributed by atoms with Gasteiger partial charge in [-0.3, -0.25) is 9.59 Å². The topological polar surface area (TPSA) is 78.7 Å². The van der Waals surface area contributed by atoms with Gasteiger partial charge in [-0.15, -0.1) is 0 Å². The molecule has 0 unspecified atom stereocenters. The SMILES string of the molecule is Cc1ccc([C@H]2C(=C(O)c3cnn(-c4ccccc4)c3C)C(=O)C(=O)N2CCCN(C)C)cc1. The Morgan fingerprint density at radius 1 is 1.03 bits per heavy atom. The molecule has 4 rings (SSSR count). The van der Waals surface area contributed by atoms with Gasteiger partial charge in [-0.25, -0.2) is 4.68 Å². The van der Waals surface area contributed by atoms with Gasteiger partial charge < -0.3 is 14.9 Å². The van der Waals surface area contributed by atoms with Crippen LogP contribution in [0, 0.1) is 13.8 Å². The predicted molar refractivity (Wildman–Crippen MR) is 132 cm³/mol. The molecule has 0 saturated carbocycles. The molecule has 0 bridgehead atoms. The van der Waals surface area contributed by atoms with Crippen LogP contribution in [0.2, 0.25) is 0 Å². The van der Waals surface area contributed by atoms with Gasteiger partial charge in [0.15, 0.2) is 0 Å². The summed E-state index contributed by atoms with van der Waals surface area (Å²) in [5.41, 5.74) is 3.95. The first kappa shape index (κ1) is 23.4. The normalized spacial score (nSPS) is 17.7. The van der Waals surface area contributed by atoms with Crippen molar-refractivity contribution in [3.63, 3.8) is 0 Å². The molecule has 0 aliphatic carbocycles. The number of aromatic nitrogens is 2. The Labute approximate surface area is 199 Å². The van der Waals surface area contributed by atoms with Crippen molar-refractivity contribution in [3.8, 4) is 5.69 Å². The number of hydrogen-bond donors (Lipinski definition) is 1. The molecular weight excluding hydrogens is 428 g/mol. The van der Waals surface area contributed by atoms with Gasteiger partial charge in [-0.05, 0) is 58.6 Å². The smallest absolute Gasteiger partial charge is 0.295 e. The number of aliphatic hydroxyl groups is 1. The highest BCUT2D eigenvalue weighted by Gasteiger charge is 2.46. The Morgan fingerprint density at radius 2 is 1.71 bits per heavy atom. The molecule has 0 radical (unpaired) electrons. The van der Waals surface area contributed by atoms with Crippen LogP contribution in [0.15, 0.2) is 66.4 Å². The zero-order valence-electron chi connectivity index (χ0n) is 20.0. The minimum Gasteiger partial charge on any atom is -0.507 e. The standard InChI is InChI=1S/C27H30N4O3/c1-18-11-13-20(14-12-18)24-23(26(33)27(34)30(24)16-8-15-29(3)4)25(32)22-17-28-31(19(22)2)21-9-6-5-7-10-21/h5-7,9-14,17,24,32H,8,15-16H2,1-4H3/t24-/m0/s1. The summed E-state index contributed by atoms with van der Waals surface area (Å²) in [5, 5.41) is 15.8. The third-order valence-corrected chi connectivity index (χ3v) is 6.20. The van der Waals surface area contributed by atoms with Crippen LogP contribution in [0.3, 0.4) is 0 Å². The van der Waals surface area contributed by atoms with Crippen LogP contribution in [0.5, 0.6) is 0 Å². The molecule has 1 atom stereocenters. The molecule has 1 aliphatic heterocycles. The van der Waals surface area contributed by atoms with E-state index in [-0.39, 0.29) is 11.3 Å². The second-order valence-electron chi connectivity index (χ2n) is 8.95. The van der Waals surface area contributed by atoms with Crippen molar-refractivity contribution < 1.29 is 14.7 Å². The lowest BCUT2D eigenvalue weighted by atomic mass is 9.95. The fourth-order valence-electron chi connectivity index (χ4n) is 4.38. The quantitative estimate of drug-likeness (QED) is 0.330. The fraction of sp³-hybridized carbons (Fsp3) is 0.296. The Hall–Kier alpha value is -3.71. The number of amides is 1. The summed E-state index contributed by atoms with van der Waals surface area (Å²) in [5.74, 6) is -1.45. The van der Waals surface area contributed by atoms with Crippen LogP contribution in [-0.4, -0.2) is 63.6 Å². The molecule has 1 aromatic heterocycles. The minimum absolute atomic E-state index is 0.106. The maximum Gasteiger partial charge on any atom is 0.295 e. The Kier molecular flexibility index (Phi) is 6.65. The van der Waals surface area contributed by atoms with E-state index in [0.717, 1.165) is 23.4 Å².